The lowest BCUT2D eigenvalue weighted by Crippen LogP contribution is -2.14. The molecular formula is C9H15N3O5. The summed E-state index contributed by atoms with van der Waals surface area (Å²) in [7, 11) is 1.46. The number of aliphatic hydroxyl groups is 1. The van der Waals surface area contributed by atoms with Gasteiger partial charge in [-0.15, -0.1) is 5.10 Å². The van der Waals surface area contributed by atoms with Crippen molar-refractivity contribution in [2.45, 2.75) is 13.2 Å². The second kappa shape index (κ2) is 6.94. The highest BCUT2D eigenvalue weighted by Crippen LogP contribution is 2.07. The molecule has 0 saturated heterocycles. The van der Waals surface area contributed by atoms with E-state index in [2.05, 4.69) is 10.3 Å². The van der Waals surface area contributed by atoms with Gasteiger partial charge >= 0.3 is 5.97 Å². The molecule has 2 N–H and O–H groups in total. The smallest absolute Gasteiger partial charge is 0.358 e. The van der Waals surface area contributed by atoms with Crippen molar-refractivity contribution < 1.29 is 24.5 Å². The summed E-state index contributed by atoms with van der Waals surface area (Å²) < 4.78 is 11.4. The van der Waals surface area contributed by atoms with Crippen LogP contribution < -0.4 is 0 Å². The van der Waals surface area contributed by atoms with Crippen LogP contribution in [0.15, 0.2) is 0 Å². The van der Waals surface area contributed by atoms with E-state index in [1.54, 1.807) is 0 Å². The maximum Gasteiger partial charge on any atom is 0.358 e. The Balaban J connectivity index is 2.67. The van der Waals surface area contributed by atoms with Gasteiger partial charge in [-0.3, -0.25) is 0 Å². The molecule has 0 fully saturated rings. The number of carboxylic acids is 1. The Morgan fingerprint density at radius 3 is 2.82 bits per heavy atom. The first-order valence-electron chi connectivity index (χ1n) is 5.04. The van der Waals surface area contributed by atoms with Crippen molar-refractivity contribution in [3.63, 3.8) is 0 Å². The van der Waals surface area contributed by atoms with Crippen molar-refractivity contribution >= 4 is 5.97 Å². The summed E-state index contributed by atoms with van der Waals surface area (Å²) in [6.45, 7) is 0.982. The van der Waals surface area contributed by atoms with Gasteiger partial charge in [-0.2, -0.15) is 0 Å². The lowest BCUT2D eigenvalue weighted by Gasteiger charge is -2.06. The third-order valence-electron chi connectivity index (χ3n) is 2.00. The summed E-state index contributed by atoms with van der Waals surface area (Å²) >= 11 is 0. The van der Waals surface area contributed by atoms with Crippen LogP contribution in [-0.4, -0.2) is 58.1 Å². The van der Waals surface area contributed by atoms with Crippen LogP contribution in [0.25, 0.3) is 0 Å². The largest absolute Gasteiger partial charge is 0.476 e. The van der Waals surface area contributed by atoms with E-state index in [-0.39, 0.29) is 25.5 Å². The first kappa shape index (κ1) is 13.6. The lowest BCUT2D eigenvalue weighted by molar-refractivity contribution is 0.0683. The zero-order chi connectivity index (χ0) is 12.7. The van der Waals surface area contributed by atoms with Gasteiger partial charge in [0, 0.05) is 7.11 Å². The predicted molar refractivity (Wildman–Crippen MR) is 55.6 cm³/mol. The summed E-state index contributed by atoms with van der Waals surface area (Å²) in [5, 5.41) is 24.7. The van der Waals surface area contributed by atoms with Crippen LogP contribution in [0.1, 0.15) is 16.2 Å². The molecule has 0 aliphatic rings. The summed E-state index contributed by atoms with van der Waals surface area (Å²) in [4.78, 5) is 10.9. The molecule has 1 aromatic rings. The molecule has 1 heterocycles. The number of carboxylic acid groups (broad SMARTS) is 1. The molecule has 8 nitrogen and oxygen atoms in total. The maximum atomic E-state index is 10.9. The highest BCUT2D eigenvalue weighted by atomic mass is 16.5. The molecule has 0 saturated carbocycles. The van der Waals surface area contributed by atoms with Gasteiger partial charge in [0.15, 0.2) is 5.69 Å². The minimum Gasteiger partial charge on any atom is -0.476 e. The van der Waals surface area contributed by atoms with Crippen molar-refractivity contribution in [2.75, 3.05) is 26.9 Å². The fourth-order valence-corrected chi connectivity index (χ4v) is 1.28. The van der Waals surface area contributed by atoms with Gasteiger partial charge in [-0.1, -0.05) is 5.21 Å². The molecule has 0 unspecified atom stereocenters. The van der Waals surface area contributed by atoms with Crippen molar-refractivity contribution in [2.24, 2.45) is 0 Å². The number of methoxy groups -OCH3 is 1. The number of hydrogen-bond donors (Lipinski definition) is 2. The standard InChI is InChI=1S/C9H15N3O5/c1-16-6-7-8(9(14)15)10-11-12(7)2-4-17-5-3-13/h13H,2-6H2,1H3,(H,14,15). The Morgan fingerprint density at radius 1 is 1.47 bits per heavy atom. The molecule has 0 aliphatic carbocycles. The quantitative estimate of drug-likeness (QED) is 0.573. The summed E-state index contributed by atoms with van der Waals surface area (Å²) in [6.07, 6.45) is 0. The van der Waals surface area contributed by atoms with E-state index in [4.69, 9.17) is 19.7 Å². The van der Waals surface area contributed by atoms with E-state index in [0.717, 1.165) is 0 Å². The Hall–Kier alpha value is -1.51. The number of rotatable bonds is 8. The molecule has 0 aromatic carbocycles. The van der Waals surface area contributed by atoms with Gasteiger partial charge in [-0.05, 0) is 0 Å². The van der Waals surface area contributed by atoms with E-state index >= 15 is 0 Å². The molecule has 17 heavy (non-hydrogen) atoms. The molecule has 1 aromatic heterocycles. The topological polar surface area (TPSA) is 107 Å². The number of aromatic nitrogens is 3. The molecule has 0 radical (unpaired) electrons. The van der Waals surface area contributed by atoms with Gasteiger partial charge < -0.3 is 19.7 Å². The molecule has 1 rings (SSSR count). The first-order valence-corrected chi connectivity index (χ1v) is 5.04. The molecule has 0 amide bonds. The monoisotopic (exact) mass is 245 g/mol. The van der Waals surface area contributed by atoms with Gasteiger partial charge in [-0.25, -0.2) is 9.48 Å². The zero-order valence-electron chi connectivity index (χ0n) is 9.50. The highest BCUT2D eigenvalue weighted by Gasteiger charge is 2.18. The molecule has 0 aliphatic heterocycles. The number of aromatic carboxylic acids is 1. The van der Waals surface area contributed by atoms with E-state index in [9.17, 15) is 4.79 Å². The maximum absolute atomic E-state index is 10.9. The predicted octanol–water partition coefficient (Wildman–Crippen LogP) is -0.868. The average molecular weight is 245 g/mol. The van der Waals surface area contributed by atoms with Crippen LogP contribution in [0.3, 0.4) is 0 Å². The Labute approximate surface area is 97.8 Å². The normalized spacial score (nSPS) is 10.7. The molecule has 96 valence electrons. The zero-order valence-corrected chi connectivity index (χ0v) is 9.50. The van der Waals surface area contributed by atoms with Gasteiger partial charge in [0.2, 0.25) is 0 Å². The summed E-state index contributed by atoms with van der Waals surface area (Å²) in [5.41, 5.74) is 0.279. The van der Waals surface area contributed by atoms with Crippen LogP contribution >= 0.6 is 0 Å². The van der Waals surface area contributed by atoms with Crippen molar-refractivity contribution in [3.05, 3.63) is 11.4 Å². The van der Waals surface area contributed by atoms with Crippen LogP contribution in [0.5, 0.6) is 0 Å². The number of hydrogen-bond acceptors (Lipinski definition) is 6. The van der Waals surface area contributed by atoms with Crippen LogP contribution in [-0.2, 0) is 22.6 Å². The van der Waals surface area contributed by atoms with E-state index in [1.807, 2.05) is 0 Å². The van der Waals surface area contributed by atoms with E-state index in [0.29, 0.717) is 18.8 Å². The van der Waals surface area contributed by atoms with Crippen LogP contribution in [0.2, 0.25) is 0 Å². The van der Waals surface area contributed by atoms with Gasteiger partial charge in [0.1, 0.15) is 0 Å². The minimum atomic E-state index is -1.14. The summed E-state index contributed by atoms with van der Waals surface area (Å²) in [5.74, 6) is -1.14. The minimum absolute atomic E-state index is 0.0529. The molecule has 8 heteroatoms. The SMILES string of the molecule is COCc1c(C(=O)O)nnn1CCOCCO. The van der Waals surface area contributed by atoms with Gasteiger partial charge in [0.25, 0.3) is 0 Å². The number of aliphatic hydroxyl groups excluding tert-OH is 1. The molecule has 0 atom stereocenters. The van der Waals surface area contributed by atoms with Crippen molar-refractivity contribution in [3.8, 4) is 0 Å². The Kier molecular flexibility index (Phi) is 5.53. The third kappa shape index (κ3) is 3.77. The fourth-order valence-electron chi connectivity index (χ4n) is 1.28. The van der Waals surface area contributed by atoms with E-state index < -0.39 is 5.97 Å². The molecular weight excluding hydrogens is 230 g/mol. The summed E-state index contributed by atoms with van der Waals surface area (Å²) in [6, 6.07) is 0. The fraction of sp³-hybridized carbons (Fsp3) is 0.667. The highest BCUT2D eigenvalue weighted by molar-refractivity contribution is 5.86. The number of carbonyl (C=O) groups is 1. The average Bonchev–Trinajstić information content (AvgIpc) is 2.69. The number of ether oxygens (including phenoxy) is 2. The Morgan fingerprint density at radius 2 is 2.24 bits per heavy atom. The first-order chi connectivity index (χ1) is 8.20. The second-order valence-corrected chi connectivity index (χ2v) is 3.18. The number of nitrogens with zero attached hydrogens (tertiary/aromatic N) is 3. The molecule has 0 spiro atoms. The van der Waals surface area contributed by atoms with E-state index in [1.165, 1.54) is 11.8 Å². The second-order valence-electron chi connectivity index (χ2n) is 3.18. The van der Waals surface area contributed by atoms with Crippen LogP contribution in [0, 0.1) is 0 Å². The van der Waals surface area contributed by atoms with Crippen LogP contribution in [0.4, 0.5) is 0 Å². The van der Waals surface area contributed by atoms with Crippen molar-refractivity contribution in [1.82, 2.24) is 15.0 Å². The third-order valence-corrected chi connectivity index (χ3v) is 2.00. The molecule has 0 bridgehead atoms. The van der Waals surface area contributed by atoms with Crippen molar-refractivity contribution in [1.29, 1.82) is 0 Å². The van der Waals surface area contributed by atoms with Gasteiger partial charge in [0.05, 0.1) is 38.7 Å². The lowest BCUT2D eigenvalue weighted by atomic mass is 10.3. The Bertz CT molecular complexity index is 366.